The minimum Gasteiger partial charge on any atom is -0.382 e. The number of aromatic nitrogens is 4. The maximum Gasteiger partial charge on any atom is 0.165 e. The normalized spacial score (nSPS) is 12.7. The fourth-order valence-electron chi connectivity index (χ4n) is 2.45. The summed E-state index contributed by atoms with van der Waals surface area (Å²) in [5.74, 6) is 1.35. The predicted octanol–water partition coefficient (Wildman–Crippen LogP) is 2.49. The van der Waals surface area contributed by atoms with E-state index in [2.05, 4.69) is 34.0 Å². The van der Waals surface area contributed by atoms with Gasteiger partial charge in [-0.3, -0.25) is 0 Å². The standard InChI is InChI=1S/C15H17N5/c1-3-11(10-7-5-4-6-8-10)14-18-13(16)12-15(19-14)20(2)9-17-12/h4-9,11H,3H2,1-2H3,(H2,16,18,19). The van der Waals surface area contributed by atoms with Crippen molar-refractivity contribution < 1.29 is 0 Å². The number of hydrogen-bond donors (Lipinski definition) is 1. The molecule has 2 heterocycles. The van der Waals surface area contributed by atoms with Crippen LogP contribution in [-0.2, 0) is 7.05 Å². The Labute approximate surface area is 117 Å². The molecule has 2 N–H and O–H groups in total. The lowest BCUT2D eigenvalue weighted by Gasteiger charge is -2.14. The van der Waals surface area contributed by atoms with E-state index in [1.165, 1.54) is 5.56 Å². The second-order valence-electron chi connectivity index (χ2n) is 4.87. The van der Waals surface area contributed by atoms with Gasteiger partial charge in [0, 0.05) is 13.0 Å². The number of nitrogen functional groups attached to an aromatic ring is 1. The average Bonchev–Trinajstić information content (AvgIpc) is 2.83. The lowest BCUT2D eigenvalue weighted by Crippen LogP contribution is -2.08. The zero-order chi connectivity index (χ0) is 14.1. The van der Waals surface area contributed by atoms with Crippen molar-refractivity contribution in [2.45, 2.75) is 19.3 Å². The molecule has 1 atom stereocenters. The van der Waals surface area contributed by atoms with Crippen LogP contribution in [0.1, 0.15) is 30.7 Å². The van der Waals surface area contributed by atoms with Crippen LogP contribution in [0.15, 0.2) is 36.7 Å². The van der Waals surface area contributed by atoms with Gasteiger partial charge in [0.2, 0.25) is 0 Å². The minimum absolute atomic E-state index is 0.151. The maximum atomic E-state index is 6.01. The molecule has 0 spiro atoms. The summed E-state index contributed by atoms with van der Waals surface area (Å²) in [5, 5.41) is 0. The van der Waals surface area contributed by atoms with Gasteiger partial charge >= 0.3 is 0 Å². The summed E-state index contributed by atoms with van der Waals surface area (Å²) < 4.78 is 1.87. The van der Waals surface area contributed by atoms with Gasteiger partial charge in [-0.2, -0.15) is 0 Å². The predicted molar refractivity (Wildman–Crippen MR) is 79.3 cm³/mol. The van der Waals surface area contributed by atoms with E-state index in [0.29, 0.717) is 11.3 Å². The Morgan fingerprint density at radius 1 is 1.20 bits per heavy atom. The van der Waals surface area contributed by atoms with Crippen molar-refractivity contribution in [2.75, 3.05) is 5.73 Å². The highest BCUT2D eigenvalue weighted by Crippen LogP contribution is 2.27. The summed E-state index contributed by atoms with van der Waals surface area (Å²) >= 11 is 0. The molecular weight excluding hydrogens is 250 g/mol. The summed E-state index contributed by atoms with van der Waals surface area (Å²) in [6.45, 7) is 2.13. The molecule has 20 heavy (non-hydrogen) atoms. The number of hydrogen-bond acceptors (Lipinski definition) is 4. The minimum atomic E-state index is 0.151. The number of aryl methyl sites for hydroxylation is 1. The van der Waals surface area contributed by atoms with E-state index in [-0.39, 0.29) is 5.92 Å². The first-order valence-electron chi connectivity index (χ1n) is 6.70. The van der Waals surface area contributed by atoms with Crippen molar-refractivity contribution in [1.29, 1.82) is 0 Å². The summed E-state index contributed by atoms with van der Waals surface area (Å²) in [6.07, 6.45) is 2.63. The zero-order valence-corrected chi connectivity index (χ0v) is 11.6. The lowest BCUT2D eigenvalue weighted by molar-refractivity contribution is 0.720. The van der Waals surface area contributed by atoms with E-state index < -0.39 is 0 Å². The van der Waals surface area contributed by atoms with Crippen LogP contribution in [0.4, 0.5) is 5.82 Å². The monoisotopic (exact) mass is 267 g/mol. The highest BCUT2D eigenvalue weighted by molar-refractivity contribution is 5.81. The van der Waals surface area contributed by atoms with Crippen LogP contribution in [0.3, 0.4) is 0 Å². The Hall–Kier alpha value is -2.43. The van der Waals surface area contributed by atoms with Gasteiger partial charge in [0.05, 0.1) is 6.33 Å². The Bertz CT molecular complexity index is 733. The van der Waals surface area contributed by atoms with Crippen LogP contribution in [0.2, 0.25) is 0 Å². The largest absolute Gasteiger partial charge is 0.382 e. The Morgan fingerprint density at radius 3 is 2.65 bits per heavy atom. The molecule has 0 bridgehead atoms. The van der Waals surface area contributed by atoms with E-state index >= 15 is 0 Å². The van der Waals surface area contributed by atoms with Crippen LogP contribution in [0.25, 0.3) is 11.2 Å². The molecule has 102 valence electrons. The van der Waals surface area contributed by atoms with Crippen molar-refractivity contribution in [1.82, 2.24) is 19.5 Å². The van der Waals surface area contributed by atoms with Crippen molar-refractivity contribution in [2.24, 2.45) is 7.05 Å². The molecule has 5 heteroatoms. The quantitative estimate of drug-likeness (QED) is 0.791. The third-order valence-corrected chi connectivity index (χ3v) is 3.53. The number of fused-ring (bicyclic) bond motifs is 1. The van der Waals surface area contributed by atoms with Gasteiger partial charge in [-0.05, 0) is 12.0 Å². The molecule has 1 aromatic carbocycles. The molecule has 0 aliphatic rings. The maximum absolute atomic E-state index is 6.01. The average molecular weight is 267 g/mol. The van der Waals surface area contributed by atoms with Gasteiger partial charge in [-0.25, -0.2) is 15.0 Å². The van der Waals surface area contributed by atoms with Gasteiger partial charge in [0.15, 0.2) is 11.5 Å². The Balaban J connectivity index is 2.15. The third-order valence-electron chi connectivity index (χ3n) is 3.53. The number of nitrogens with two attached hydrogens (primary N) is 1. The SMILES string of the molecule is CCC(c1ccccc1)c1nc(N)c2ncn(C)c2n1. The molecule has 5 nitrogen and oxygen atoms in total. The van der Waals surface area contributed by atoms with Crippen LogP contribution < -0.4 is 5.73 Å². The summed E-state index contributed by atoms with van der Waals surface area (Å²) in [5.41, 5.74) is 8.66. The van der Waals surface area contributed by atoms with Gasteiger partial charge in [0.25, 0.3) is 0 Å². The molecule has 0 fully saturated rings. The van der Waals surface area contributed by atoms with Crippen LogP contribution >= 0.6 is 0 Å². The van der Waals surface area contributed by atoms with Gasteiger partial charge in [-0.1, -0.05) is 37.3 Å². The van der Waals surface area contributed by atoms with Gasteiger partial charge in [-0.15, -0.1) is 0 Å². The molecule has 3 rings (SSSR count). The van der Waals surface area contributed by atoms with Crippen molar-refractivity contribution in [3.05, 3.63) is 48.0 Å². The number of benzene rings is 1. The molecule has 0 radical (unpaired) electrons. The fourth-order valence-corrected chi connectivity index (χ4v) is 2.45. The topological polar surface area (TPSA) is 69.6 Å². The van der Waals surface area contributed by atoms with Crippen LogP contribution in [0, 0.1) is 0 Å². The fraction of sp³-hybridized carbons (Fsp3) is 0.267. The van der Waals surface area contributed by atoms with Gasteiger partial charge < -0.3 is 10.3 Å². The van der Waals surface area contributed by atoms with E-state index in [0.717, 1.165) is 17.9 Å². The molecule has 0 aliphatic heterocycles. The molecule has 0 aliphatic carbocycles. The molecule has 3 aromatic rings. The number of anilines is 1. The molecular formula is C15H17N5. The van der Waals surface area contributed by atoms with E-state index in [1.807, 2.05) is 29.8 Å². The smallest absolute Gasteiger partial charge is 0.165 e. The second kappa shape index (κ2) is 4.92. The molecule has 1 unspecified atom stereocenters. The van der Waals surface area contributed by atoms with Crippen molar-refractivity contribution in [3.63, 3.8) is 0 Å². The number of nitrogens with zero attached hydrogens (tertiary/aromatic N) is 4. The highest BCUT2D eigenvalue weighted by Gasteiger charge is 2.18. The van der Waals surface area contributed by atoms with E-state index in [4.69, 9.17) is 5.73 Å². The zero-order valence-electron chi connectivity index (χ0n) is 11.6. The highest BCUT2D eigenvalue weighted by atomic mass is 15.1. The van der Waals surface area contributed by atoms with Crippen LogP contribution in [0.5, 0.6) is 0 Å². The molecule has 0 saturated heterocycles. The number of rotatable bonds is 3. The first-order chi connectivity index (χ1) is 9.70. The first-order valence-corrected chi connectivity index (χ1v) is 6.70. The third kappa shape index (κ3) is 2.01. The second-order valence-corrected chi connectivity index (χ2v) is 4.87. The lowest BCUT2D eigenvalue weighted by atomic mass is 9.96. The first kappa shape index (κ1) is 12.6. The summed E-state index contributed by atoms with van der Waals surface area (Å²) in [7, 11) is 1.91. The van der Waals surface area contributed by atoms with Gasteiger partial charge in [0.1, 0.15) is 11.3 Å². The molecule has 0 saturated carbocycles. The van der Waals surface area contributed by atoms with E-state index in [9.17, 15) is 0 Å². The van der Waals surface area contributed by atoms with Crippen LogP contribution in [-0.4, -0.2) is 19.5 Å². The molecule has 0 amide bonds. The van der Waals surface area contributed by atoms with Crippen molar-refractivity contribution >= 4 is 17.0 Å². The Kier molecular flexibility index (Phi) is 3.10. The summed E-state index contributed by atoms with van der Waals surface area (Å²) in [6, 6.07) is 10.3. The number of imidazole rings is 1. The van der Waals surface area contributed by atoms with Crippen molar-refractivity contribution in [3.8, 4) is 0 Å². The molecule has 2 aromatic heterocycles. The van der Waals surface area contributed by atoms with E-state index in [1.54, 1.807) is 6.33 Å². The Morgan fingerprint density at radius 2 is 1.95 bits per heavy atom. The summed E-state index contributed by atoms with van der Waals surface area (Å²) in [4.78, 5) is 13.3.